The summed E-state index contributed by atoms with van der Waals surface area (Å²) in [6, 6.07) is 2.15. The molecule has 0 fully saturated rings. The van der Waals surface area contributed by atoms with Crippen LogP contribution in [0.3, 0.4) is 0 Å². The van der Waals surface area contributed by atoms with Crippen LogP contribution in [0.15, 0.2) is 6.07 Å². The molecule has 1 rings (SSSR count). The van der Waals surface area contributed by atoms with E-state index in [1.165, 1.54) is 11.1 Å². The van der Waals surface area contributed by atoms with Gasteiger partial charge in [-0.3, -0.25) is 0 Å². The van der Waals surface area contributed by atoms with Gasteiger partial charge in [-0.2, -0.15) is 0 Å². The van der Waals surface area contributed by atoms with Gasteiger partial charge in [0.25, 0.3) is 0 Å². The second-order valence-electron chi connectivity index (χ2n) is 4.69. The van der Waals surface area contributed by atoms with Crippen LogP contribution in [-0.4, -0.2) is 38.3 Å². The van der Waals surface area contributed by atoms with Gasteiger partial charge >= 0.3 is 0 Å². The molecular formula is C15H27N3O. The first-order valence-electron chi connectivity index (χ1n) is 7.08. The third-order valence-electron chi connectivity index (χ3n) is 3.20. The number of aromatic nitrogens is 1. The van der Waals surface area contributed by atoms with Crippen LogP contribution >= 0.6 is 0 Å². The predicted octanol–water partition coefficient (Wildman–Crippen LogP) is 2.28. The molecule has 0 amide bonds. The van der Waals surface area contributed by atoms with Gasteiger partial charge in [-0.1, -0.05) is 0 Å². The number of rotatable bonds is 8. The van der Waals surface area contributed by atoms with Gasteiger partial charge in [0.1, 0.15) is 5.82 Å². The van der Waals surface area contributed by atoms with Crippen LogP contribution in [0, 0.1) is 13.8 Å². The number of nitrogens with one attached hydrogen (secondary N) is 1. The van der Waals surface area contributed by atoms with Crippen LogP contribution in [-0.2, 0) is 11.3 Å². The standard InChI is InChI=1S/C15H27N3O/c1-6-18(8-9-19-7-2)15-14(11-16-5)12(3)10-13(4)17-15/h10,16H,6-9,11H2,1-5H3. The molecule has 1 aromatic rings. The van der Waals surface area contributed by atoms with E-state index in [0.29, 0.717) is 0 Å². The van der Waals surface area contributed by atoms with Crippen LogP contribution in [0.5, 0.6) is 0 Å². The van der Waals surface area contributed by atoms with Crippen molar-refractivity contribution >= 4 is 5.82 Å². The number of anilines is 1. The Balaban J connectivity index is 2.99. The average molecular weight is 265 g/mol. The van der Waals surface area contributed by atoms with Crippen LogP contribution in [0.25, 0.3) is 0 Å². The molecule has 0 radical (unpaired) electrons. The third-order valence-corrected chi connectivity index (χ3v) is 3.20. The quantitative estimate of drug-likeness (QED) is 0.732. The van der Waals surface area contributed by atoms with E-state index >= 15 is 0 Å². The van der Waals surface area contributed by atoms with Crippen LogP contribution in [0.4, 0.5) is 5.82 Å². The number of hydrogen-bond acceptors (Lipinski definition) is 4. The van der Waals surface area contributed by atoms with Crippen molar-refractivity contribution in [2.24, 2.45) is 0 Å². The number of nitrogens with zero attached hydrogens (tertiary/aromatic N) is 2. The lowest BCUT2D eigenvalue weighted by molar-refractivity contribution is 0.154. The lowest BCUT2D eigenvalue weighted by Gasteiger charge is -2.26. The fourth-order valence-electron chi connectivity index (χ4n) is 2.23. The van der Waals surface area contributed by atoms with E-state index in [9.17, 15) is 0 Å². The number of hydrogen-bond donors (Lipinski definition) is 1. The maximum absolute atomic E-state index is 5.46. The molecule has 4 heteroatoms. The van der Waals surface area contributed by atoms with Crippen LogP contribution in [0.1, 0.15) is 30.7 Å². The molecule has 0 saturated heterocycles. The van der Waals surface area contributed by atoms with Gasteiger partial charge in [0.2, 0.25) is 0 Å². The molecule has 0 aliphatic carbocycles. The Hall–Kier alpha value is -1.13. The molecule has 108 valence electrons. The smallest absolute Gasteiger partial charge is 0.133 e. The van der Waals surface area contributed by atoms with Crippen molar-refractivity contribution in [1.82, 2.24) is 10.3 Å². The molecule has 0 spiro atoms. The van der Waals surface area contributed by atoms with E-state index in [1.807, 2.05) is 14.0 Å². The van der Waals surface area contributed by atoms with E-state index in [-0.39, 0.29) is 0 Å². The molecule has 19 heavy (non-hydrogen) atoms. The maximum atomic E-state index is 5.46. The largest absolute Gasteiger partial charge is 0.380 e. The monoisotopic (exact) mass is 265 g/mol. The zero-order valence-electron chi connectivity index (χ0n) is 12.9. The highest BCUT2D eigenvalue weighted by Gasteiger charge is 2.14. The molecule has 4 nitrogen and oxygen atoms in total. The normalized spacial score (nSPS) is 10.8. The topological polar surface area (TPSA) is 37.4 Å². The molecule has 0 atom stereocenters. The number of likely N-dealkylation sites (N-methyl/N-ethyl adjacent to an activating group) is 1. The highest BCUT2D eigenvalue weighted by atomic mass is 16.5. The summed E-state index contributed by atoms with van der Waals surface area (Å²) >= 11 is 0. The zero-order chi connectivity index (χ0) is 14.3. The Morgan fingerprint density at radius 1 is 1.32 bits per heavy atom. The highest BCUT2D eigenvalue weighted by molar-refractivity contribution is 5.51. The summed E-state index contributed by atoms with van der Waals surface area (Å²) in [5.74, 6) is 1.09. The van der Waals surface area contributed by atoms with E-state index < -0.39 is 0 Å². The molecule has 0 bridgehead atoms. The second kappa shape index (κ2) is 8.12. The summed E-state index contributed by atoms with van der Waals surface area (Å²) in [7, 11) is 1.97. The van der Waals surface area contributed by atoms with E-state index in [2.05, 4.69) is 37.1 Å². The van der Waals surface area contributed by atoms with Crippen molar-refractivity contribution < 1.29 is 4.74 Å². The van der Waals surface area contributed by atoms with E-state index in [1.54, 1.807) is 0 Å². The predicted molar refractivity (Wildman–Crippen MR) is 80.9 cm³/mol. The van der Waals surface area contributed by atoms with Gasteiger partial charge in [-0.25, -0.2) is 4.98 Å². The lowest BCUT2D eigenvalue weighted by Crippen LogP contribution is -2.30. The van der Waals surface area contributed by atoms with Crippen molar-refractivity contribution in [3.05, 3.63) is 22.9 Å². The van der Waals surface area contributed by atoms with Crippen LogP contribution in [0.2, 0.25) is 0 Å². The van der Waals surface area contributed by atoms with Gasteiger partial charge in [0.15, 0.2) is 0 Å². The molecule has 0 saturated carbocycles. The summed E-state index contributed by atoms with van der Waals surface area (Å²) in [6.07, 6.45) is 0. The summed E-state index contributed by atoms with van der Waals surface area (Å²) in [5, 5.41) is 3.23. The third kappa shape index (κ3) is 4.48. The van der Waals surface area contributed by atoms with Crippen molar-refractivity contribution in [2.45, 2.75) is 34.2 Å². The fraction of sp³-hybridized carbons (Fsp3) is 0.667. The molecular weight excluding hydrogens is 238 g/mol. The Kier molecular flexibility index (Phi) is 6.81. The van der Waals surface area contributed by atoms with Gasteiger partial charge in [-0.05, 0) is 46.4 Å². The van der Waals surface area contributed by atoms with Gasteiger partial charge < -0.3 is 15.0 Å². The summed E-state index contributed by atoms with van der Waals surface area (Å²) < 4.78 is 5.46. The second-order valence-corrected chi connectivity index (χ2v) is 4.69. The first-order valence-corrected chi connectivity index (χ1v) is 7.08. The molecule has 0 aliphatic heterocycles. The summed E-state index contributed by atoms with van der Waals surface area (Å²) in [6.45, 7) is 12.6. The minimum atomic E-state index is 0.748. The molecule has 0 aliphatic rings. The molecule has 0 aromatic carbocycles. The summed E-state index contributed by atoms with van der Waals surface area (Å²) in [5.41, 5.74) is 3.65. The van der Waals surface area contributed by atoms with Crippen molar-refractivity contribution in [1.29, 1.82) is 0 Å². The molecule has 1 aromatic heterocycles. The maximum Gasteiger partial charge on any atom is 0.133 e. The van der Waals surface area contributed by atoms with Gasteiger partial charge in [0, 0.05) is 37.5 Å². The fourth-order valence-corrected chi connectivity index (χ4v) is 2.23. The van der Waals surface area contributed by atoms with Gasteiger partial charge in [-0.15, -0.1) is 0 Å². The average Bonchev–Trinajstić information content (AvgIpc) is 2.38. The van der Waals surface area contributed by atoms with Crippen molar-refractivity contribution in [3.8, 4) is 0 Å². The van der Waals surface area contributed by atoms with Gasteiger partial charge in [0.05, 0.1) is 6.61 Å². The molecule has 1 heterocycles. The lowest BCUT2D eigenvalue weighted by atomic mass is 10.1. The number of pyridine rings is 1. The number of ether oxygens (including phenoxy) is 1. The minimum Gasteiger partial charge on any atom is -0.380 e. The highest BCUT2D eigenvalue weighted by Crippen LogP contribution is 2.22. The Bertz CT molecular complexity index is 393. The van der Waals surface area contributed by atoms with E-state index in [0.717, 1.165) is 44.4 Å². The van der Waals surface area contributed by atoms with Crippen molar-refractivity contribution in [2.75, 3.05) is 38.3 Å². The van der Waals surface area contributed by atoms with Crippen LogP contribution < -0.4 is 10.2 Å². The Labute approximate surface area is 117 Å². The summed E-state index contributed by atoms with van der Waals surface area (Å²) in [4.78, 5) is 7.03. The Morgan fingerprint density at radius 2 is 2.05 bits per heavy atom. The van der Waals surface area contributed by atoms with Crippen molar-refractivity contribution in [3.63, 3.8) is 0 Å². The molecule has 0 unspecified atom stereocenters. The minimum absolute atomic E-state index is 0.748. The SMILES string of the molecule is CCOCCN(CC)c1nc(C)cc(C)c1CNC. The Morgan fingerprint density at radius 3 is 2.63 bits per heavy atom. The molecule has 1 N–H and O–H groups in total. The first kappa shape index (κ1) is 15.9. The first-order chi connectivity index (χ1) is 9.13. The number of aryl methyl sites for hydroxylation is 2. The van der Waals surface area contributed by atoms with E-state index in [4.69, 9.17) is 9.72 Å². The zero-order valence-corrected chi connectivity index (χ0v) is 12.9.